The molecule has 0 amide bonds. The first-order valence-electron chi connectivity index (χ1n) is 5.71. The largest absolute Gasteiger partial charge is 0.469 e. The molecule has 90 valence electrons. The summed E-state index contributed by atoms with van der Waals surface area (Å²) >= 11 is 0. The zero-order valence-electron chi connectivity index (χ0n) is 10.6. The van der Waals surface area contributed by atoms with E-state index in [1.807, 2.05) is 26.8 Å². The van der Waals surface area contributed by atoms with Crippen LogP contribution in [-0.4, -0.2) is 18.1 Å². The van der Waals surface area contributed by atoms with Crippen molar-refractivity contribution in [3.63, 3.8) is 0 Å². The summed E-state index contributed by atoms with van der Waals surface area (Å²) in [4.78, 5) is 15.0. The highest BCUT2D eigenvalue weighted by Gasteiger charge is 2.21. The van der Waals surface area contributed by atoms with Gasteiger partial charge in [0.25, 0.3) is 0 Å². The van der Waals surface area contributed by atoms with Crippen LogP contribution in [0, 0.1) is 13.8 Å². The maximum atomic E-state index is 11.7. The van der Waals surface area contributed by atoms with Gasteiger partial charge in [0.2, 0.25) is 0 Å². The van der Waals surface area contributed by atoms with Crippen LogP contribution < -0.4 is 0 Å². The second-order valence-corrected chi connectivity index (χ2v) is 4.46. The Labute approximate surface area is 101 Å². The van der Waals surface area contributed by atoms with E-state index in [1.54, 1.807) is 0 Å². The zero-order chi connectivity index (χ0) is 12.6. The Bertz CT molecular complexity index is 569. The fourth-order valence-corrected chi connectivity index (χ4v) is 2.31. The van der Waals surface area contributed by atoms with Gasteiger partial charge in [-0.1, -0.05) is 11.6 Å². The molecule has 0 aliphatic heterocycles. The van der Waals surface area contributed by atoms with E-state index in [0.29, 0.717) is 0 Å². The third-order valence-corrected chi connectivity index (χ3v) is 3.18. The van der Waals surface area contributed by atoms with E-state index in [1.165, 1.54) is 12.7 Å². The van der Waals surface area contributed by atoms with Gasteiger partial charge in [-0.3, -0.25) is 4.79 Å². The maximum absolute atomic E-state index is 11.7. The Kier molecular flexibility index (Phi) is 2.92. The topological polar surface area (TPSA) is 42.1 Å². The Morgan fingerprint density at radius 2 is 2.06 bits per heavy atom. The number of aromatic nitrogens is 1. The molecular weight excluding hydrogens is 214 g/mol. The molecule has 2 rings (SSSR count). The van der Waals surface area contributed by atoms with Crippen LogP contribution >= 0.6 is 0 Å². The van der Waals surface area contributed by atoms with E-state index in [0.717, 1.165) is 22.2 Å². The van der Waals surface area contributed by atoms with Gasteiger partial charge in [-0.15, -0.1) is 0 Å². The zero-order valence-corrected chi connectivity index (χ0v) is 10.6. The highest BCUT2D eigenvalue weighted by atomic mass is 16.5. The summed E-state index contributed by atoms with van der Waals surface area (Å²) in [6.45, 7) is 5.92. The molecule has 0 spiro atoms. The number of ether oxygens (including phenoxy) is 1. The molecule has 0 saturated carbocycles. The molecule has 0 saturated heterocycles. The minimum Gasteiger partial charge on any atom is -0.469 e. The van der Waals surface area contributed by atoms with Crippen molar-refractivity contribution in [2.75, 3.05) is 7.11 Å². The molecule has 1 N–H and O–H groups in total. The molecule has 2 aromatic rings. The van der Waals surface area contributed by atoms with Crippen LogP contribution in [0.3, 0.4) is 0 Å². The van der Waals surface area contributed by atoms with Gasteiger partial charge in [-0.2, -0.15) is 0 Å². The van der Waals surface area contributed by atoms with Crippen LogP contribution in [0.25, 0.3) is 10.9 Å². The van der Waals surface area contributed by atoms with Crippen molar-refractivity contribution in [1.82, 2.24) is 4.98 Å². The highest BCUT2D eigenvalue weighted by molar-refractivity contribution is 5.91. The van der Waals surface area contributed by atoms with Crippen molar-refractivity contribution < 1.29 is 9.53 Å². The minimum atomic E-state index is -0.240. The van der Waals surface area contributed by atoms with Crippen LogP contribution in [0.4, 0.5) is 0 Å². The summed E-state index contributed by atoms with van der Waals surface area (Å²) in [5, 5.41) is 1.11. The first-order valence-corrected chi connectivity index (χ1v) is 5.71. The van der Waals surface area contributed by atoms with E-state index in [-0.39, 0.29) is 11.9 Å². The van der Waals surface area contributed by atoms with Gasteiger partial charge in [0.1, 0.15) is 0 Å². The Morgan fingerprint density at radius 1 is 1.35 bits per heavy atom. The smallest absolute Gasteiger partial charge is 0.312 e. The maximum Gasteiger partial charge on any atom is 0.312 e. The van der Waals surface area contributed by atoms with E-state index in [4.69, 9.17) is 4.74 Å². The molecule has 3 nitrogen and oxygen atoms in total. The van der Waals surface area contributed by atoms with Gasteiger partial charge in [0.15, 0.2) is 0 Å². The second kappa shape index (κ2) is 4.24. The number of rotatable bonds is 2. The number of hydrogen-bond acceptors (Lipinski definition) is 2. The number of H-pyrrole nitrogens is 1. The minimum absolute atomic E-state index is 0.199. The molecule has 3 heteroatoms. The quantitative estimate of drug-likeness (QED) is 0.807. The number of carbonyl (C=O) groups excluding carboxylic acids is 1. The van der Waals surface area contributed by atoms with Gasteiger partial charge in [-0.05, 0) is 38.5 Å². The number of esters is 1. The lowest BCUT2D eigenvalue weighted by Gasteiger charge is -2.09. The molecule has 1 unspecified atom stereocenters. The van der Waals surface area contributed by atoms with Crippen LogP contribution in [0.15, 0.2) is 18.2 Å². The van der Waals surface area contributed by atoms with Crippen LogP contribution in [0.5, 0.6) is 0 Å². The number of hydrogen-bond donors (Lipinski definition) is 1. The molecule has 1 atom stereocenters. The Morgan fingerprint density at radius 3 is 2.71 bits per heavy atom. The lowest BCUT2D eigenvalue weighted by atomic mass is 9.97. The third-order valence-electron chi connectivity index (χ3n) is 3.18. The summed E-state index contributed by atoms with van der Waals surface area (Å²) in [7, 11) is 1.42. The number of methoxy groups -OCH3 is 1. The summed E-state index contributed by atoms with van der Waals surface area (Å²) in [6.07, 6.45) is 0. The van der Waals surface area contributed by atoms with Crippen molar-refractivity contribution in [2.24, 2.45) is 0 Å². The number of carbonyl (C=O) groups is 1. The average molecular weight is 231 g/mol. The summed E-state index contributed by atoms with van der Waals surface area (Å²) in [6, 6.07) is 6.21. The predicted octanol–water partition coefficient (Wildman–Crippen LogP) is 3.06. The van der Waals surface area contributed by atoms with Crippen molar-refractivity contribution in [3.05, 3.63) is 35.0 Å². The van der Waals surface area contributed by atoms with Crippen LogP contribution in [0.1, 0.15) is 29.7 Å². The lowest BCUT2D eigenvalue weighted by molar-refractivity contribution is -0.141. The van der Waals surface area contributed by atoms with Gasteiger partial charge in [-0.25, -0.2) is 0 Å². The SMILES string of the molecule is COC(=O)C(C)c1c(C)[nH]c2ccc(C)cc12. The molecule has 1 aromatic carbocycles. The standard InChI is InChI=1S/C14H17NO2/c1-8-5-6-12-11(7-8)13(10(3)15-12)9(2)14(16)17-4/h5-7,9,15H,1-4H3. The van der Waals surface area contributed by atoms with E-state index >= 15 is 0 Å². The summed E-state index contributed by atoms with van der Waals surface area (Å²) < 4.78 is 4.82. The molecule has 0 aliphatic rings. The number of aromatic amines is 1. The molecule has 0 aliphatic carbocycles. The van der Waals surface area contributed by atoms with Crippen LogP contribution in [-0.2, 0) is 9.53 Å². The highest BCUT2D eigenvalue weighted by Crippen LogP contribution is 2.30. The summed E-state index contributed by atoms with van der Waals surface area (Å²) in [5.74, 6) is -0.439. The molecule has 0 fully saturated rings. The number of fused-ring (bicyclic) bond motifs is 1. The van der Waals surface area contributed by atoms with E-state index in [2.05, 4.69) is 17.1 Å². The normalized spacial score (nSPS) is 12.7. The predicted molar refractivity (Wildman–Crippen MR) is 68.2 cm³/mol. The van der Waals surface area contributed by atoms with Gasteiger partial charge in [0.05, 0.1) is 13.0 Å². The molecule has 17 heavy (non-hydrogen) atoms. The molecule has 0 radical (unpaired) electrons. The van der Waals surface area contributed by atoms with Crippen molar-refractivity contribution in [3.8, 4) is 0 Å². The average Bonchev–Trinajstić information content (AvgIpc) is 2.62. The van der Waals surface area contributed by atoms with Gasteiger partial charge in [0, 0.05) is 16.6 Å². The molecule has 1 aromatic heterocycles. The molecular formula is C14H17NO2. The lowest BCUT2D eigenvalue weighted by Crippen LogP contribution is -2.11. The van der Waals surface area contributed by atoms with Gasteiger partial charge < -0.3 is 9.72 Å². The number of nitrogens with one attached hydrogen (secondary N) is 1. The van der Waals surface area contributed by atoms with Gasteiger partial charge >= 0.3 is 5.97 Å². The van der Waals surface area contributed by atoms with Crippen molar-refractivity contribution in [1.29, 1.82) is 0 Å². The van der Waals surface area contributed by atoms with Crippen LogP contribution in [0.2, 0.25) is 0 Å². The van der Waals surface area contributed by atoms with E-state index in [9.17, 15) is 4.79 Å². The number of aryl methyl sites for hydroxylation is 2. The fourth-order valence-electron chi connectivity index (χ4n) is 2.31. The fraction of sp³-hybridized carbons (Fsp3) is 0.357. The molecule has 0 bridgehead atoms. The number of benzene rings is 1. The van der Waals surface area contributed by atoms with Crippen molar-refractivity contribution >= 4 is 16.9 Å². The first-order chi connectivity index (χ1) is 8.04. The third kappa shape index (κ3) is 1.93. The second-order valence-electron chi connectivity index (χ2n) is 4.46. The Balaban J connectivity index is 2.63. The van der Waals surface area contributed by atoms with Crippen molar-refractivity contribution in [2.45, 2.75) is 26.7 Å². The van der Waals surface area contributed by atoms with E-state index < -0.39 is 0 Å². The summed E-state index contributed by atoms with van der Waals surface area (Å²) in [5.41, 5.74) is 4.33. The Hall–Kier alpha value is -1.77. The first kappa shape index (κ1) is 11.7. The monoisotopic (exact) mass is 231 g/mol. The molecule has 1 heterocycles.